The number of ketones is 2. The molecule has 4 aliphatic heterocycles. The second kappa shape index (κ2) is 37.1. The van der Waals surface area contributed by atoms with E-state index in [0.717, 1.165) is 26.9 Å². The topological polar surface area (TPSA) is 278 Å². The molecule has 8 heterocycles. The number of likely N-dealkylation sites (tertiary alicyclic amines) is 3. The van der Waals surface area contributed by atoms with Gasteiger partial charge in [-0.3, -0.25) is 43.5 Å². The molecule has 2 unspecified atom stereocenters. The van der Waals surface area contributed by atoms with E-state index >= 15 is 0 Å². The van der Waals surface area contributed by atoms with Crippen molar-refractivity contribution >= 4 is 150 Å². The van der Waals surface area contributed by atoms with Crippen molar-refractivity contribution in [2.24, 2.45) is 11.5 Å². The van der Waals surface area contributed by atoms with Crippen LogP contribution < -0.4 is 22.1 Å². The molecule has 0 spiro atoms. The summed E-state index contributed by atoms with van der Waals surface area (Å²) < 4.78 is 85.2. The van der Waals surface area contributed by atoms with Gasteiger partial charge in [0, 0.05) is 144 Å². The number of hydrogen-bond donors (Lipinski definition) is 5. The number of halogens is 7. The molecule has 0 radical (unpaired) electrons. The van der Waals surface area contributed by atoms with Gasteiger partial charge >= 0.3 is 12.0 Å². The molecule has 4 aliphatic rings. The maximum atomic E-state index is 14.4. The number of nitrogens with one attached hydrogen (secondary N) is 2. The van der Waals surface area contributed by atoms with Crippen LogP contribution in [-0.2, 0) is 105 Å². The number of carbonyl (C=O) groups excluding carboxylic acids is 7. The highest BCUT2D eigenvalue weighted by Crippen LogP contribution is 2.31. The number of rotatable bonds is 15. The Balaban J connectivity index is 0.000000272. The number of carbonyl (C=O) groups is 8. The molecule has 4 fully saturated rings. The molecule has 0 bridgehead atoms. The zero-order valence-corrected chi connectivity index (χ0v) is 58.4. The highest BCUT2D eigenvalue weighted by atomic mass is 35.5. The summed E-state index contributed by atoms with van der Waals surface area (Å²) >= 11 is 8.89. The number of nitrogens with two attached hydrogens (primary N) is 2. The normalized spacial score (nSPS) is 18.8. The lowest BCUT2D eigenvalue weighted by Crippen LogP contribution is -2.47. The Morgan fingerprint density at radius 3 is 1.74 bits per heavy atom. The number of pyridine rings is 2. The number of hydrogen-bond acceptors (Lipinski definition) is 13. The lowest BCUT2D eigenvalue weighted by molar-refractivity contribution is -0.141. The Kier molecular flexibility index (Phi) is 30.9. The van der Waals surface area contributed by atoms with Gasteiger partial charge in [0.15, 0.2) is 11.6 Å². The van der Waals surface area contributed by atoms with Crippen molar-refractivity contribution in [1.82, 2.24) is 39.1 Å². The quantitative estimate of drug-likeness (QED) is 0.0604. The number of amides is 6. The fourth-order valence-corrected chi connectivity index (χ4v) is 14.4. The number of carboxylic acids is 1. The molecule has 0 aliphatic carbocycles. The number of benzene rings is 2. The fourth-order valence-electron chi connectivity index (χ4n) is 11.7. The first kappa shape index (κ1) is 79.7. The highest BCUT2D eigenvalue weighted by Gasteiger charge is 2.39. The van der Waals surface area contributed by atoms with E-state index in [0.29, 0.717) is 65.3 Å². The first-order valence-corrected chi connectivity index (χ1v) is 35.6. The molecule has 522 valence electrons. The molecule has 4 atom stereocenters. The SMILES string of the molecule is Cc1cccc(CC(=O)[C@@H]2CCC(F)CCN2)n1.Cc1cccc(CC(=O)[C@@H]2CCC(F)CCN2C(=O)Cn2cc(C(N)=O)c3cc(NC(=O)N4CCCC(F)(F)C4)ccc32)n1.Cl.NC(=O)c1cn(CC(=O)O)c2ccc(CC(=O)N3CCCC(F)(F)C3)cc12.S.S=S=S=S=S. The van der Waals surface area contributed by atoms with Crippen molar-refractivity contribution < 1.29 is 69.8 Å². The maximum Gasteiger partial charge on any atom is 0.323 e. The number of Topliss-reactive ketones (excluding diaryl/α,β-unsaturated/α-hetero) is 2. The van der Waals surface area contributed by atoms with Gasteiger partial charge in [0.2, 0.25) is 11.8 Å². The Morgan fingerprint density at radius 1 is 0.656 bits per heavy atom. The van der Waals surface area contributed by atoms with E-state index in [9.17, 15) is 64.7 Å². The van der Waals surface area contributed by atoms with Gasteiger partial charge in [-0.05, 0) is 132 Å². The molecular formula is C63H76ClF6N11O9S6. The molecule has 4 saturated heterocycles. The van der Waals surface area contributed by atoms with Gasteiger partial charge in [-0.2, -0.15) is 13.5 Å². The van der Waals surface area contributed by atoms with Gasteiger partial charge in [0.05, 0.1) is 55.6 Å². The minimum Gasteiger partial charge on any atom is -0.480 e. The molecule has 7 N–H and O–H groups in total. The summed E-state index contributed by atoms with van der Waals surface area (Å²) in [6.45, 7) is 2.99. The number of urea groups is 1. The fraction of sp³-hybridized carbons (Fsp3) is 0.460. The van der Waals surface area contributed by atoms with Gasteiger partial charge < -0.3 is 51.0 Å². The van der Waals surface area contributed by atoms with E-state index in [2.05, 4.69) is 43.0 Å². The number of aryl methyl sites for hydroxylation is 2. The number of alkyl halides is 6. The van der Waals surface area contributed by atoms with E-state index in [1.807, 2.05) is 38.1 Å². The molecule has 6 aromatic rings. The van der Waals surface area contributed by atoms with Crippen LogP contribution in [0.25, 0.3) is 21.8 Å². The van der Waals surface area contributed by atoms with Crippen LogP contribution in [0, 0.1) is 13.8 Å². The predicted octanol–water partition coefficient (Wildman–Crippen LogP) is 8.37. The van der Waals surface area contributed by atoms with E-state index in [1.165, 1.54) is 65.2 Å². The Hall–Kier alpha value is -6.94. The average Bonchev–Trinajstić information content (AvgIpc) is 1.63. The van der Waals surface area contributed by atoms with Crippen molar-refractivity contribution in [3.63, 3.8) is 0 Å². The number of anilines is 1. The summed E-state index contributed by atoms with van der Waals surface area (Å²) in [7, 11) is 3.95. The second-order valence-electron chi connectivity index (χ2n) is 23.4. The summed E-state index contributed by atoms with van der Waals surface area (Å²) in [6, 6.07) is 18.7. The van der Waals surface area contributed by atoms with Gasteiger partial charge in [0.1, 0.15) is 25.4 Å². The van der Waals surface area contributed by atoms with Crippen LogP contribution in [-0.4, -0.2) is 162 Å². The summed E-state index contributed by atoms with van der Waals surface area (Å²) in [5.74, 6) is -9.35. The molecule has 4 aromatic heterocycles. The number of aromatic nitrogens is 4. The first-order valence-electron chi connectivity index (χ1n) is 30.2. The number of carboxylic acid groups (broad SMARTS) is 1. The summed E-state index contributed by atoms with van der Waals surface area (Å²) in [4.78, 5) is 112. The molecule has 96 heavy (non-hydrogen) atoms. The van der Waals surface area contributed by atoms with Crippen LogP contribution in [0.4, 0.5) is 36.8 Å². The molecule has 10 rings (SSSR count). The monoisotopic (exact) mass is 1470 g/mol. The van der Waals surface area contributed by atoms with Crippen molar-refractivity contribution in [2.75, 3.05) is 44.6 Å². The molecule has 33 heteroatoms. The second-order valence-corrected chi connectivity index (χ2v) is 28.7. The molecule has 6 amide bonds. The largest absolute Gasteiger partial charge is 0.480 e. The zero-order chi connectivity index (χ0) is 68.4. The maximum absolute atomic E-state index is 14.4. The number of piperidine rings is 2. The molecule has 2 aromatic carbocycles. The first-order chi connectivity index (χ1) is 44.6. The number of fused-ring (bicyclic) bond motifs is 2. The molecular weight excluding hydrogens is 1400 g/mol. The van der Waals surface area contributed by atoms with E-state index in [1.54, 1.807) is 36.4 Å². The summed E-state index contributed by atoms with van der Waals surface area (Å²) in [5, 5.41) is 15.5. The Labute approximate surface area is 582 Å². The van der Waals surface area contributed by atoms with E-state index in [-0.39, 0.29) is 151 Å². The number of nitrogens with zero attached hydrogens (tertiary/aromatic N) is 7. The smallest absolute Gasteiger partial charge is 0.323 e. The average molecular weight is 1470 g/mol. The van der Waals surface area contributed by atoms with Crippen molar-refractivity contribution in [2.45, 2.75) is 147 Å². The lowest BCUT2D eigenvalue weighted by atomic mass is 10.0. The van der Waals surface area contributed by atoms with Crippen molar-refractivity contribution in [1.29, 1.82) is 0 Å². The Bertz CT molecular complexity index is 3920. The summed E-state index contributed by atoms with van der Waals surface area (Å²) in [6.07, 6.45) is 3.07. The third-order valence-corrected chi connectivity index (χ3v) is 20.6. The Morgan fingerprint density at radius 2 is 1.19 bits per heavy atom. The van der Waals surface area contributed by atoms with Gasteiger partial charge in [0.25, 0.3) is 23.7 Å². The third-order valence-electron chi connectivity index (χ3n) is 16.2. The highest BCUT2D eigenvalue weighted by molar-refractivity contribution is 8.59. The van der Waals surface area contributed by atoms with E-state index in [4.69, 9.17) is 16.6 Å². The molecule has 0 saturated carbocycles. The minimum atomic E-state index is -2.96. The number of aliphatic carboxylic acids is 1. The number of primary amides is 2. The van der Waals surface area contributed by atoms with Crippen LogP contribution in [0.15, 0.2) is 85.2 Å². The van der Waals surface area contributed by atoms with E-state index < -0.39 is 78.9 Å². The van der Waals surface area contributed by atoms with Gasteiger partial charge in [-0.1, -0.05) is 18.2 Å². The minimum absolute atomic E-state index is 0. The summed E-state index contributed by atoms with van der Waals surface area (Å²) in [5.41, 5.74) is 16.0. The van der Waals surface area contributed by atoms with Crippen LogP contribution in [0.2, 0.25) is 0 Å². The van der Waals surface area contributed by atoms with Gasteiger partial charge in [-0.15, -0.1) is 12.4 Å². The van der Waals surface area contributed by atoms with Crippen LogP contribution in [0.5, 0.6) is 0 Å². The van der Waals surface area contributed by atoms with Gasteiger partial charge in [-0.25, -0.2) is 31.1 Å². The third kappa shape index (κ3) is 23.4. The van der Waals surface area contributed by atoms with Crippen LogP contribution in [0.3, 0.4) is 0 Å². The van der Waals surface area contributed by atoms with Crippen LogP contribution in [0.1, 0.15) is 113 Å². The standard InChI is InChI=1S/C31H35F3N6O4.C18H19F2N3O4.C14H19FN2O.ClH.S5.H2S/c1-19-4-2-5-21(36-19)15-27(41)26-8-6-20(32)10-13-40(26)28(42)17-39-16-24(29(35)43)23-14-22(7-9-25(23)39)37-30(44)38-12-3-11-31(33,34)18-38;19-18(20)4-1-5-22(10-18)15(24)7-11-2-3-14-12(6-11)13(17(21)27)8-23(14)9-16(25)26;1-10-3-2-4-12(17-10)9-14(18)13-6-5-11(15)7-8-16-13;;1-3-5-4-2;/h2,4-5,7,9,14,16,20,26H,3,6,8,10-13,15,17-18H2,1H3,(H2,35,43)(H,37,44);2-3,6,8H,1,4-5,7,9-10H2,(H2,21,27)(H,25,26);2-4,11,13,16H,5-9H2,1H3;1H;;1H2/t20?,26-;;11?,13-;;;/m0.0.../s1. The zero-order valence-electron chi connectivity index (χ0n) is 52.5. The van der Waals surface area contributed by atoms with Crippen molar-refractivity contribution in [3.05, 3.63) is 125 Å². The predicted molar refractivity (Wildman–Crippen MR) is 372 cm³/mol. The van der Waals surface area contributed by atoms with Crippen molar-refractivity contribution in [3.8, 4) is 0 Å². The van der Waals surface area contributed by atoms with Crippen LogP contribution >= 0.6 is 25.9 Å². The lowest BCUT2D eigenvalue weighted by Gasteiger charge is -2.32. The molecule has 20 nitrogen and oxygen atoms in total.